The Labute approximate surface area is 112 Å². The van der Waals surface area contributed by atoms with Gasteiger partial charge in [-0.15, -0.1) is 0 Å². The van der Waals surface area contributed by atoms with Crippen LogP contribution in [-0.4, -0.2) is 50.4 Å². The summed E-state index contributed by atoms with van der Waals surface area (Å²) in [6.45, 7) is 1.13. The third-order valence-electron chi connectivity index (χ3n) is 3.12. The zero-order valence-electron chi connectivity index (χ0n) is 11.2. The molecule has 5 nitrogen and oxygen atoms in total. The molecule has 1 heterocycles. The van der Waals surface area contributed by atoms with E-state index in [0.29, 0.717) is 12.2 Å². The summed E-state index contributed by atoms with van der Waals surface area (Å²) in [7, 11) is 3.34. The molecule has 0 fully saturated rings. The molecule has 102 valence electrons. The van der Waals surface area contributed by atoms with E-state index in [0.717, 1.165) is 17.7 Å². The summed E-state index contributed by atoms with van der Waals surface area (Å²) in [5.74, 6) is 0.786. The average molecular weight is 262 g/mol. The Hall–Kier alpha value is -1.88. The molecular formula is C14H18N2O3. The molecule has 0 unspecified atom stereocenters. The monoisotopic (exact) mass is 262 g/mol. The molecule has 0 saturated heterocycles. The molecule has 0 bridgehead atoms. The number of amides is 1. The lowest BCUT2D eigenvalue weighted by Gasteiger charge is -2.14. The molecule has 0 radical (unpaired) electrons. The van der Waals surface area contributed by atoms with E-state index < -0.39 is 0 Å². The Kier molecular flexibility index (Phi) is 4.16. The number of nitrogens with one attached hydrogen (secondary N) is 1. The average Bonchev–Trinajstić information content (AvgIpc) is 2.85. The van der Waals surface area contributed by atoms with E-state index in [4.69, 9.17) is 4.74 Å². The van der Waals surface area contributed by atoms with Crippen LogP contribution in [0.25, 0.3) is 0 Å². The maximum atomic E-state index is 12.1. The van der Waals surface area contributed by atoms with Gasteiger partial charge in [-0.3, -0.25) is 14.5 Å². The third-order valence-corrected chi connectivity index (χ3v) is 3.12. The van der Waals surface area contributed by atoms with Crippen LogP contribution in [0.2, 0.25) is 0 Å². The third kappa shape index (κ3) is 3.32. The molecule has 1 aromatic carbocycles. The van der Waals surface area contributed by atoms with Crippen LogP contribution in [0, 0.1) is 0 Å². The van der Waals surface area contributed by atoms with Crippen molar-refractivity contribution in [3.8, 4) is 5.75 Å². The SMILES string of the molecule is CNC(=O)CN(C)CC(=O)c1ccc2c(c1)CCO2. The molecule has 0 spiro atoms. The summed E-state index contributed by atoms with van der Waals surface area (Å²) in [4.78, 5) is 25.0. The van der Waals surface area contributed by atoms with Crippen molar-refractivity contribution in [1.82, 2.24) is 10.2 Å². The molecule has 1 aliphatic heterocycles. The Morgan fingerprint density at radius 1 is 1.37 bits per heavy atom. The predicted molar refractivity (Wildman–Crippen MR) is 71.5 cm³/mol. The highest BCUT2D eigenvalue weighted by atomic mass is 16.5. The van der Waals surface area contributed by atoms with E-state index >= 15 is 0 Å². The molecule has 1 N–H and O–H groups in total. The number of rotatable bonds is 5. The van der Waals surface area contributed by atoms with Crippen molar-refractivity contribution in [2.45, 2.75) is 6.42 Å². The Morgan fingerprint density at radius 2 is 2.16 bits per heavy atom. The van der Waals surface area contributed by atoms with Gasteiger partial charge < -0.3 is 10.1 Å². The zero-order valence-corrected chi connectivity index (χ0v) is 11.2. The summed E-state index contributed by atoms with van der Waals surface area (Å²) < 4.78 is 5.41. The van der Waals surface area contributed by atoms with Crippen LogP contribution in [0.4, 0.5) is 0 Å². The number of hydrogen-bond acceptors (Lipinski definition) is 4. The number of carbonyl (C=O) groups excluding carboxylic acids is 2. The van der Waals surface area contributed by atoms with E-state index in [1.165, 1.54) is 0 Å². The fourth-order valence-electron chi connectivity index (χ4n) is 2.08. The Morgan fingerprint density at radius 3 is 2.89 bits per heavy atom. The van der Waals surface area contributed by atoms with Gasteiger partial charge in [0.1, 0.15) is 5.75 Å². The number of ether oxygens (including phenoxy) is 1. The van der Waals surface area contributed by atoms with Gasteiger partial charge in [-0.2, -0.15) is 0 Å². The number of hydrogen-bond donors (Lipinski definition) is 1. The van der Waals surface area contributed by atoms with Crippen LogP contribution >= 0.6 is 0 Å². The van der Waals surface area contributed by atoms with Crippen molar-refractivity contribution >= 4 is 11.7 Å². The molecule has 1 amide bonds. The molecule has 1 aliphatic rings. The van der Waals surface area contributed by atoms with Crippen molar-refractivity contribution in [2.75, 3.05) is 33.8 Å². The smallest absolute Gasteiger partial charge is 0.233 e. The van der Waals surface area contributed by atoms with Crippen molar-refractivity contribution < 1.29 is 14.3 Å². The van der Waals surface area contributed by atoms with Gasteiger partial charge >= 0.3 is 0 Å². The summed E-state index contributed by atoms with van der Waals surface area (Å²) in [6.07, 6.45) is 0.852. The second kappa shape index (κ2) is 5.84. The van der Waals surface area contributed by atoms with Crippen LogP contribution < -0.4 is 10.1 Å². The van der Waals surface area contributed by atoms with Gasteiger partial charge in [-0.25, -0.2) is 0 Å². The number of benzene rings is 1. The van der Waals surface area contributed by atoms with Gasteiger partial charge in [-0.05, 0) is 30.8 Å². The standard InChI is InChI=1S/C14H18N2O3/c1-15-14(18)9-16(2)8-12(17)10-3-4-13-11(7-10)5-6-19-13/h3-4,7H,5-6,8-9H2,1-2H3,(H,15,18). The Bertz CT molecular complexity index is 499. The molecule has 2 rings (SSSR count). The second-order valence-corrected chi connectivity index (χ2v) is 4.69. The van der Waals surface area contributed by atoms with Gasteiger partial charge in [-0.1, -0.05) is 0 Å². The fourth-order valence-corrected chi connectivity index (χ4v) is 2.08. The van der Waals surface area contributed by atoms with Gasteiger partial charge in [0.15, 0.2) is 5.78 Å². The summed E-state index contributed by atoms with van der Waals surface area (Å²) in [6, 6.07) is 5.51. The largest absolute Gasteiger partial charge is 0.493 e. The lowest BCUT2D eigenvalue weighted by atomic mass is 10.1. The number of Topliss-reactive ketones (excluding diaryl/α,β-unsaturated/α-hetero) is 1. The number of fused-ring (bicyclic) bond motifs is 1. The number of nitrogens with zero attached hydrogens (tertiary/aromatic N) is 1. The van der Waals surface area contributed by atoms with Crippen molar-refractivity contribution in [2.24, 2.45) is 0 Å². The summed E-state index contributed by atoms with van der Waals surface area (Å²) >= 11 is 0. The minimum Gasteiger partial charge on any atom is -0.493 e. The number of ketones is 1. The molecule has 0 aromatic heterocycles. The van der Waals surface area contributed by atoms with Crippen molar-refractivity contribution in [3.05, 3.63) is 29.3 Å². The van der Waals surface area contributed by atoms with E-state index in [2.05, 4.69) is 5.32 Å². The Balaban J connectivity index is 1.98. The molecular weight excluding hydrogens is 244 g/mol. The lowest BCUT2D eigenvalue weighted by molar-refractivity contribution is -0.121. The van der Waals surface area contributed by atoms with Gasteiger partial charge in [0, 0.05) is 19.0 Å². The number of carbonyl (C=O) groups is 2. The molecule has 0 saturated carbocycles. The van der Waals surface area contributed by atoms with E-state index in [9.17, 15) is 9.59 Å². The van der Waals surface area contributed by atoms with Gasteiger partial charge in [0.2, 0.25) is 5.91 Å². The zero-order chi connectivity index (χ0) is 13.8. The molecule has 19 heavy (non-hydrogen) atoms. The van der Waals surface area contributed by atoms with E-state index in [1.807, 2.05) is 12.1 Å². The topological polar surface area (TPSA) is 58.6 Å². The second-order valence-electron chi connectivity index (χ2n) is 4.69. The van der Waals surface area contributed by atoms with Crippen molar-refractivity contribution in [3.63, 3.8) is 0 Å². The van der Waals surface area contributed by atoms with Crippen molar-refractivity contribution in [1.29, 1.82) is 0 Å². The van der Waals surface area contributed by atoms with Crippen LogP contribution in [0.5, 0.6) is 5.75 Å². The maximum absolute atomic E-state index is 12.1. The molecule has 1 aromatic rings. The summed E-state index contributed by atoms with van der Waals surface area (Å²) in [5, 5.41) is 2.53. The van der Waals surface area contributed by atoms with Gasteiger partial charge in [0.25, 0.3) is 0 Å². The first-order chi connectivity index (χ1) is 9.10. The minimum absolute atomic E-state index is 0.0149. The summed E-state index contributed by atoms with van der Waals surface area (Å²) in [5.41, 5.74) is 1.76. The minimum atomic E-state index is -0.0994. The normalized spacial score (nSPS) is 13.0. The van der Waals surface area contributed by atoms with E-state index in [1.54, 1.807) is 25.1 Å². The fraction of sp³-hybridized carbons (Fsp3) is 0.429. The number of likely N-dealkylation sites (N-methyl/N-ethyl adjacent to an activating group) is 2. The first-order valence-corrected chi connectivity index (χ1v) is 6.28. The van der Waals surface area contributed by atoms with Crippen LogP contribution in [0.15, 0.2) is 18.2 Å². The highest BCUT2D eigenvalue weighted by molar-refractivity contribution is 5.98. The van der Waals surface area contributed by atoms with Crippen LogP contribution in [0.1, 0.15) is 15.9 Å². The van der Waals surface area contributed by atoms with Crippen LogP contribution in [-0.2, 0) is 11.2 Å². The maximum Gasteiger partial charge on any atom is 0.233 e. The van der Waals surface area contributed by atoms with Gasteiger partial charge in [0.05, 0.1) is 19.7 Å². The highest BCUT2D eigenvalue weighted by Crippen LogP contribution is 2.25. The van der Waals surface area contributed by atoms with Crippen LogP contribution in [0.3, 0.4) is 0 Å². The molecule has 0 atom stereocenters. The molecule has 5 heteroatoms. The lowest BCUT2D eigenvalue weighted by Crippen LogP contribution is -2.36. The quantitative estimate of drug-likeness (QED) is 0.784. The molecule has 0 aliphatic carbocycles. The predicted octanol–water partition coefficient (Wildman–Crippen LogP) is 0.482. The van der Waals surface area contributed by atoms with E-state index in [-0.39, 0.29) is 24.8 Å². The highest BCUT2D eigenvalue weighted by Gasteiger charge is 2.16. The first kappa shape index (κ1) is 13.5. The first-order valence-electron chi connectivity index (χ1n) is 6.28.